The molecule has 2 fully saturated rings. The van der Waals surface area contributed by atoms with Crippen LogP contribution in [0.15, 0.2) is 60.0 Å². The topological polar surface area (TPSA) is 146 Å². The Hall–Kier alpha value is -2.03. The maximum absolute atomic E-state index is 13.7. The average Bonchev–Trinajstić information content (AvgIpc) is 3.24. The summed E-state index contributed by atoms with van der Waals surface area (Å²) in [6.07, 6.45) is 6.40. The summed E-state index contributed by atoms with van der Waals surface area (Å²) in [5, 5.41) is 38.2. The van der Waals surface area contributed by atoms with Crippen LogP contribution in [0.2, 0.25) is 0 Å². The van der Waals surface area contributed by atoms with Crippen LogP contribution in [0.3, 0.4) is 0 Å². The van der Waals surface area contributed by atoms with E-state index in [1.54, 1.807) is 18.6 Å². The minimum Gasteiger partial charge on any atom is -0.388 e. The van der Waals surface area contributed by atoms with Crippen molar-refractivity contribution >= 4 is 29.4 Å². The second kappa shape index (κ2) is 13.3. The standard InChI is InChI=1S/C28H36N4O6S2/c1-15(40-19-8-6-16(7-9-19)18-11-29-14-30-12-18)20(26-23(34)22(33)24(35)28(38-26)39-2)32-27(36)21-25-17(13-31-21)5-3-4-10-37-25/h3-4,6-9,11-12,14-15,17,20-26,28,31,33-35H,5,10,13H2,1-2H3,(H,32,36)/t15-,17-,20+,21-,22+,23?,24+,25+,26+,28?/m0/s1. The number of hydrogen-bond donors (Lipinski definition) is 5. The van der Waals surface area contributed by atoms with E-state index in [0.717, 1.165) is 22.4 Å². The number of aliphatic hydroxyl groups is 3. The number of thioether (sulfide) groups is 2. The Balaban J connectivity index is 1.36. The second-order valence-corrected chi connectivity index (χ2v) is 12.7. The van der Waals surface area contributed by atoms with Crippen molar-refractivity contribution in [2.24, 2.45) is 5.92 Å². The van der Waals surface area contributed by atoms with Gasteiger partial charge < -0.3 is 35.4 Å². The first kappa shape index (κ1) is 29.5. The minimum absolute atomic E-state index is 0.197. The van der Waals surface area contributed by atoms with E-state index in [4.69, 9.17) is 9.47 Å². The number of amides is 1. The number of aliphatic hydroxyl groups excluding tert-OH is 3. The zero-order valence-corrected chi connectivity index (χ0v) is 24.0. The maximum Gasteiger partial charge on any atom is 0.240 e. The predicted molar refractivity (Wildman–Crippen MR) is 154 cm³/mol. The minimum atomic E-state index is -1.41. The molecule has 10 atom stereocenters. The van der Waals surface area contributed by atoms with Crippen LogP contribution in [-0.4, -0.2) is 104 Å². The van der Waals surface area contributed by atoms with Gasteiger partial charge in [0.05, 0.1) is 18.8 Å². The number of aromatic nitrogens is 2. The van der Waals surface area contributed by atoms with Crippen LogP contribution >= 0.6 is 23.5 Å². The molecule has 216 valence electrons. The fraction of sp³-hybridized carbons (Fsp3) is 0.536. The van der Waals surface area contributed by atoms with E-state index in [0.29, 0.717) is 13.2 Å². The zero-order valence-electron chi connectivity index (χ0n) is 22.4. The molecule has 5 N–H and O–H groups in total. The lowest BCUT2D eigenvalue weighted by atomic mass is 9.92. The largest absolute Gasteiger partial charge is 0.388 e. The van der Waals surface area contributed by atoms with E-state index < -0.39 is 41.9 Å². The van der Waals surface area contributed by atoms with E-state index in [9.17, 15) is 20.1 Å². The fourth-order valence-corrected chi connectivity index (χ4v) is 7.30. The Labute approximate surface area is 242 Å². The molecule has 12 heteroatoms. The fourth-order valence-electron chi connectivity index (χ4n) is 5.53. The molecule has 3 aliphatic rings. The summed E-state index contributed by atoms with van der Waals surface area (Å²) in [5.74, 6) is -0.0500. The second-order valence-electron chi connectivity index (χ2n) is 10.3. The van der Waals surface area contributed by atoms with Gasteiger partial charge in [-0.1, -0.05) is 31.2 Å². The third kappa shape index (κ3) is 6.39. The molecule has 1 aromatic carbocycles. The number of carbonyl (C=O) groups excluding carboxylic acids is 1. The van der Waals surface area contributed by atoms with Gasteiger partial charge in [0, 0.05) is 40.6 Å². The number of carbonyl (C=O) groups is 1. The Morgan fingerprint density at radius 2 is 1.82 bits per heavy atom. The first-order chi connectivity index (χ1) is 19.4. The third-order valence-corrected chi connectivity index (χ3v) is 9.81. The summed E-state index contributed by atoms with van der Waals surface area (Å²) in [7, 11) is 0. The average molecular weight is 589 g/mol. The molecule has 0 radical (unpaired) electrons. The highest BCUT2D eigenvalue weighted by molar-refractivity contribution is 8.00. The first-order valence-electron chi connectivity index (χ1n) is 13.4. The number of ether oxygens (including phenoxy) is 2. The molecule has 5 rings (SSSR count). The lowest BCUT2D eigenvalue weighted by Crippen LogP contribution is -2.65. The van der Waals surface area contributed by atoms with Crippen LogP contribution in [0.1, 0.15) is 13.3 Å². The Morgan fingerprint density at radius 3 is 2.55 bits per heavy atom. The smallest absolute Gasteiger partial charge is 0.240 e. The summed E-state index contributed by atoms with van der Waals surface area (Å²) in [5.41, 5.74) is 1.13. The van der Waals surface area contributed by atoms with Crippen molar-refractivity contribution in [2.75, 3.05) is 19.4 Å². The number of allylic oxidation sites excluding steroid dienone is 1. The number of rotatable bonds is 8. The molecule has 0 saturated carbocycles. The van der Waals surface area contributed by atoms with Gasteiger partial charge in [-0.25, -0.2) is 9.97 Å². The van der Waals surface area contributed by atoms with Crippen LogP contribution in [0.25, 0.3) is 11.1 Å². The summed E-state index contributed by atoms with van der Waals surface area (Å²) in [4.78, 5) is 22.8. The zero-order chi connectivity index (χ0) is 28.2. The highest BCUT2D eigenvalue weighted by Crippen LogP contribution is 2.35. The van der Waals surface area contributed by atoms with E-state index in [1.165, 1.54) is 29.9 Å². The van der Waals surface area contributed by atoms with Gasteiger partial charge in [-0.05, 0) is 30.4 Å². The van der Waals surface area contributed by atoms with Crippen molar-refractivity contribution in [1.29, 1.82) is 0 Å². The molecule has 10 nitrogen and oxygen atoms in total. The van der Waals surface area contributed by atoms with Crippen molar-refractivity contribution < 1.29 is 29.6 Å². The first-order valence-corrected chi connectivity index (χ1v) is 15.6. The lowest BCUT2D eigenvalue weighted by molar-refractivity contribution is -0.205. The van der Waals surface area contributed by atoms with E-state index in [1.807, 2.05) is 37.3 Å². The van der Waals surface area contributed by atoms with Gasteiger partial charge in [-0.15, -0.1) is 23.5 Å². The highest BCUT2D eigenvalue weighted by Gasteiger charge is 2.49. The van der Waals surface area contributed by atoms with Gasteiger partial charge in [0.25, 0.3) is 0 Å². The molecule has 1 amide bonds. The van der Waals surface area contributed by atoms with Crippen LogP contribution in [0.4, 0.5) is 0 Å². The summed E-state index contributed by atoms with van der Waals surface area (Å²) in [6, 6.07) is 6.70. The van der Waals surface area contributed by atoms with Crippen LogP contribution in [-0.2, 0) is 14.3 Å². The van der Waals surface area contributed by atoms with Crippen molar-refractivity contribution in [3.05, 3.63) is 55.1 Å². The number of benzene rings is 1. The van der Waals surface area contributed by atoms with Gasteiger partial charge in [-0.3, -0.25) is 4.79 Å². The molecule has 1 aromatic heterocycles. The number of nitrogens with zero attached hydrogens (tertiary/aromatic N) is 2. The third-order valence-electron chi connectivity index (χ3n) is 7.74. The van der Waals surface area contributed by atoms with E-state index >= 15 is 0 Å². The molecular weight excluding hydrogens is 552 g/mol. The monoisotopic (exact) mass is 588 g/mol. The molecule has 0 aliphatic carbocycles. The van der Waals surface area contributed by atoms with Crippen molar-refractivity contribution in [3.8, 4) is 11.1 Å². The molecule has 0 spiro atoms. The van der Waals surface area contributed by atoms with Crippen molar-refractivity contribution in [3.63, 3.8) is 0 Å². The molecule has 40 heavy (non-hydrogen) atoms. The maximum atomic E-state index is 13.7. The number of hydrogen-bond acceptors (Lipinski definition) is 11. The van der Waals surface area contributed by atoms with Gasteiger partial charge in [0.15, 0.2) is 0 Å². The van der Waals surface area contributed by atoms with Gasteiger partial charge in [0.1, 0.15) is 42.2 Å². The lowest BCUT2D eigenvalue weighted by Gasteiger charge is -2.44. The van der Waals surface area contributed by atoms with Gasteiger partial charge >= 0.3 is 0 Å². The molecule has 2 saturated heterocycles. The Bertz CT molecular complexity index is 1160. The molecular formula is C28H36N4O6S2. The van der Waals surface area contributed by atoms with Gasteiger partial charge in [0.2, 0.25) is 5.91 Å². The highest BCUT2D eigenvalue weighted by atomic mass is 32.2. The Morgan fingerprint density at radius 1 is 1.07 bits per heavy atom. The predicted octanol–water partition coefficient (Wildman–Crippen LogP) is 1.21. The van der Waals surface area contributed by atoms with Crippen molar-refractivity contribution in [1.82, 2.24) is 20.6 Å². The molecule has 4 heterocycles. The summed E-state index contributed by atoms with van der Waals surface area (Å²) in [6.45, 7) is 3.08. The molecule has 2 unspecified atom stereocenters. The van der Waals surface area contributed by atoms with E-state index in [-0.39, 0.29) is 23.2 Å². The Kier molecular flexibility index (Phi) is 9.80. The van der Waals surface area contributed by atoms with Crippen molar-refractivity contribution in [2.45, 2.75) is 71.5 Å². The van der Waals surface area contributed by atoms with Crippen LogP contribution in [0, 0.1) is 5.92 Å². The summed E-state index contributed by atoms with van der Waals surface area (Å²) >= 11 is 2.77. The number of fused-ring (bicyclic) bond motifs is 1. The molecule has 2 aromatic rings. The van der Waals surface area contributed by atoms with Crippen LogP contribution in [0.5, 0.6) is 0 Å². The normalized spacial score (nSPS) is 33.5. The van der Waals surface area contributed by atoms with Gasteiger partial charge in [-0.2, -0.15) is 0 Å². The van der Waals surface area contributed by atoms with Crippen LogP contribution < -0.4 is 10.6 Å². The number of nitrogens with one attached hydrogen (secondary N) is 2. The molecule has 3 aliphatic heterocycles. The summed E-state index contributed by atoms with van der Waals surface area (Å²) < 4.78 is 12.1. The quantitative estimate of drug-likeness (QED) is 0.224. The molecule has 0 bridgehead atoms. The van der Waals surface area contributed by atoms with E-state index in [2.05, 4.69) is 26.7 Å². The SMILES string of the molecule is CSC1O[C@H]([C@H](NC(=O)[C@H]2NC[C@@H]3CC=CCO[C@H]32)[C@H](C)Sc2ccc(-c3cncnc3)cc2)C(O)[C@@H](O)[C@H]1O.